The first-order valence-electron chi connectivity index (χ1n) is 8.01. The van der Waals surface area contributed by atoms with E-state index in [1.165, 1.54) is 10.5 Å². The first-order chi connectivity index (χ1) is 12.7. The number of imidazole rings is 1. The molecule has 2 aromatic heterocycles. The molecule has 0 atom stereocenters. The molecule has 5 nitrogen and oxygen atoms in total. The predicted molar refractivity (Wildman–Crippen MR) is 95.5 cm³/mol. The van der Waals surface area contributed by atoms with Crippen LogP contribution < -0.4 is 10.1 Å². The molecule has 0 saturated carbocycles. The van der Waals surface area contributed by atoms with Crippen LogP contribution in [0.2, 0.25) is 5.02 Å². The Morgan fingerprint density at radius 2 is 2.07 bits per heavy atom. The van der Waals surface area contributed by atoms with Gasteiger partial charge in [0.15, 0.2) is 11.4 Å². The van der Waals surface area contributed by atoms with E-state index in [9.17, 15) is 18.0 Å². The van der Waals surface area contributed by atoms with E-state index in [1.54, 1.807) is 25.3 Å². The average molecular weight is 398 g/mol. The van der Waals surface area contributed by atoms with Crippen molar-refractivity contribution in [2.45, 2.75) is 20.0 Å². The number of carbonyl (C=O) groups excluding carboxylic acids is 1. The number of rotatable bonds is 4. The Bertz CT molecular complexity index is 1010. The van der Waals surface area contributed by atoms with Crippen molar-refractivity contribution < 1.29 is 22.7 Å². The summed E-state index contributed by atoms with van der Waals surface area (Å²) in [6.07, 6.45) is -2.99. The highest BCUT2D eigenvalue weighted by Gasteiger charge is 2.33. The third-order valence-corrected chi connectivity index (χ3v) is 4.16. The third kappa shape index (κ3) is 3.71. The van der Waals surface area contributed by atoms with Crippen molar-refractivity contribution in [1.29, 1.82) is 0 Å². The number of hydrogen-bond acceptors (Lipinski definition) is 3. The Morgan fingerprint density at radius 1 is 1.33 bits per heavy atom. The number of pyridine rings is 1. The number of nitrogens with one attached hydrogen (secondary N) is 1. The van der Waals surface area contributed by atoms with Gasteiger partial charge in [-0.05, 0) is 44.2 Å². The summed E-state index contributed by atoms with van der Waals surface area (Å²) >= 11 is 5.61. The van der Waals surface area contributed by atoms with Crippen molar-refractivity contribution in [3.8, 4) is 5.75 Å². The summed E-state index contributed by atoms with van der Waals surface area (Å²) in [5.41, 5.74) is 0.0383. The largest absolute Gasteiger partial charge is 0.490 e. The molecule has 27 heavy (non-hydrogen) atoms. The molecule has 0 aliphatic carbocycles. The Labute approximate surface area is 157 Å². The minimum absolute atomic E-state index is 0.0213. The normalized spacial score (nSPS) is 11.6. The summed E-state index contributed by atoms with van der Waals surface area (Å²) in [5.74, 6) is -0.0860. The lowest BCUT2D eigenvalue weighted by atomic mass is 10.2. The van der Waals surface area contributed by atoms with Crippen LogP contribution in [0.4, 0.5) is 18.9 Å². The first kappa shape index (κ1) is 19.0. The minimum Gasteiger partial charge on any atom is -0.490 e. The van der Waals surface area contributed by atoms with Crippen LogP contribution in [0.5, 0.6) is 5.75 Å². The van der Waals surface area contributed by atoms with Crippen LogP contribution in [0.15, 0.2) is 36.5 Å². The molecule has 0 fully saturated rings. The van der Waals surface area contributed by atoms with Gasteiger partial charge >= 0.3 is 6.18 Å². The number of carbonyl (C=O) groups is 1. The standard InChI is InChI=1S/C18H15ClF3N3O2/c1-3-27-14-5-4-8-25-15(10(2)23-16(14)25)17(26)24-11-6-7-13(19)12(9-11)18(20,21)22/h4-9H,3H2,1-2H3,(H,24,26). The lowest BCUT2D eigenvalue weighted by Crippen LogP contribution is -2.16. The molecular weight excluding hydrogens is 383 g/mol. The van der Waals surface area contributed by atoms with Crippen molar-refractivity contribution in [3.63, 3.8) is 0 Å². The number of anilines is 1. The zero-order valence-electron chi connectivity index (χ0n) is 14.4. The van der Waals surface area contributed by atoms with E-state index < -0.39 is 22.7 Å². The second-order valence-electron chi connectivity index (χ2n) is 5.69. The highest BCUT2D eigenvalue weighted by Crippen LogP contribution is 2.36. The number of halogens is 4. The van der Waals surface area contributed by atoms with Crippen LogP contribution in [0, 0.1) is 6.92 Å². The van der Waals surface area contributed by atoms with Crippen molar-refractivity contribution in [3.05, 3.63) is 58.5 Å². The number of aromatic nitrogens is 2. The van der Waals surface area contributed by atoms with Crippen LogP contribution in [0.25, 0.3) is 5.65 Å². The maximum atomic E-state index is 13.0. The second-order valence-corrected chi connectivity index (χ2v) is 6.10. The maximum Gasteiger partial charge on any atom is 0.417 e. The van der Waals surface area contributed by atoms with E-state index in [1.807, 2.05) is 6.92 Å². The topological polar surface area (TPSA) is 55.6 Å². The average Bonchev–Trinajstić information content (AvgIpc) is 2.93. The number of fused-ring (bicyclic) bond motifs is 1. The fraction of sp³-hybridized carbons (Fsp3) is 0.222. The highest BCUT2D eigenvalue weighted by molar-refractivity contribution is 6.31. The molecule has 0 aliphatic heterocycles. The number of hydrogen-bond donors (Lipinski definition) is 1. The summed E-state index contributed by atoms with van der Waals surface area (Å²) in [7, 11) is 0. The fourth-order valence-corrected chi connectivity index (χ4v) is 2.93. The van der Waals surface area contributed by atoms with Crippen LogP contribution in [-0.2, 0) is 6.18 Å². The molecule has 3 rings (SSSR count). The quantitative estimate of drug-likeness (QED) is 0.676. The molecule has 3 aromatic rings. The Kier molecular flexibility index (Phi) is 5.01. The van der Waals surface area contributed by atoms with E-state index in [-0.39, 0.29) is 11.4 Å². The number of benzene rings is 1. The Balaban J connectivity index is 1.98. The second kappa shape index (κ2) is 7.11. The van der Waals surface area contributed by atoms with Crippen molar-refractivity contribution in [2.24, 2.45) is 0 Å². The van der Waals surface area contributed by atoms with Crippen LogP contribution in [-0.4, -0.2) is 21.9 Å². The van der Waals surface area contributed by atoms with Gasteiger partial charge in [0, 0.05) is 11.9 Å². The molecule has 142 valence electrons. The van der Waals surface area contributed by atoms with Gasteiger partial charge in [-0.25, -0.2) is 4.98 Å². The van der Waals surface area contributed by atoms with Gasteiger partial charge in [-0.2, -0.15) is 13.2 Å². The van der Waals surface area contributed by atoms with E-state index in [4.69, 9.17) is 16.3 Å². The molecule has 1 aromatic carbocycles. The third-order valence-electron chi connectivity index (χ3n) is 3.83. The van der Waals surface area contributed by atoms with Crippen molar-refractivity contribution >= 4 is 28.8 Å². The fourth-order valence-electron chi connectivity index (χ4n) is 2.71. The van der Waals surface area contributed by atoms with Gasteiger partial charge < -0.3 is 10.1 Å². The van der Waals surface area contributed by atoms with Crippen molar-refractivity contribution in [2.75, 3.05) is 11.9 Å². The van der Waals surface area contributed by atoms with E-state index in [0.29, 0.717) is 23.7 Å². The molecule has 0 saturated heterocycles. The highest BCUT2D eigenvalue weighted by atomic mass is 35.5. The minimum atomic E-state index is -4.62. The van der Waals surface area contributed by atoms with Crippen LogP contribution in [0.3, 0.4) is 0 Å². The maximum absolute atomic E-state index is 13.0. The zero-order chi connectivity index (χ0) is 19.8. The smallest absolute Gasteiger partial charge is 0.417 e. The lowest BCUT2D eigenvalue weighted by Gasteiger charge is -2.12. The number of aryl methyl sites for hydroxylation is 1. The number of ether oxygens (including phenoxy) is 1. The van der Waals surface area contributed by atoms with Gasteiger partial charge in [-0.3, -0.25) is 9.20 Å². The number of alkyl halides is 3. The predicted octanol–water partition coefficient (Wildman–Crippen LogP) is 4.97. The first-order valence-corrected chi connectivity index (χ1v) is 8.38. The number of nitrogens with zero attached hydrogens (tertiary/aromatic N) is 2. The van der Waals surface area contributed by atoms with E-state index in [0.717, 1.165) is 12.1 Å². The van der Waals surface area contributed by atoms with Crippen LogP contribution >= 0.6 is 11.6 Å². The van der Waals surface area contributed by atoms with Gasteiger partial charge in [-0.15, -0.1) is 0 Å². The summed E-state index contributed by atoms with van der Waals surface area (Å²) in [6, 6.07) is 6.61. The monoisotopic (exact) mass is 397 g/mol. The van der Waals surface area contributed by atoms with Crippen LogP contribution in [0.1, 0.15) is 28.7 Å². The van der Waals surface area contributed by atoms with Gasteiger partial charge in [0.25, 0.3) is 5.91 Å². The van der Waals surface area contributed by atoms with E-state index in [2.05, 4.69) is 10.3 Å². The SMILES string of the molecule is CCOc1cccn2c(C(=O)Nc3ccc(Cl)c(C(F)(F)F)c3)c(C)nc12. The molecule has 1 N–H and O–H groups in total. The summed E-state index contributed by atoms with van der Waals surface area (Å²) in [6.45, 7) is 3.89. The molecule has 2 heterocycles. The summed E-state index contributed by atoms with van der Waals surface area (Å²) < 4.78 is 46.0. The van der Waals surface area contributed by atoms with Gasteiger partial charge in [0.1, 0.15) is 5.69 Å². The molecule has 0 unspecified atom stereocenters. The lowest BCUT2D eigenvalue weighted by molar-refractivity contribution is -0.137. The number of amides is 1. The molecule has 9 heteroatoms. The molecule has 0 radical (unpaired) electrons. The van der Waals surface area contributed by atoms with Crippen molar-refractivity contribution in [1.82, 2.24) is 9.38 Å². The zero-order valence-corrected chi connectivity index (χ0v) is 15.1. The summed E-state index contributed by atoms with van der Waals surface area (Å²) in [5, 5.41) is 2.03. The Hall–Kier alpha value is -2.74. The molecule has 0 bridgehead atoms. The molecule has 0 spiro atoms. The molecular formula is C18H15ClF3N3O2. The van der Waals surface area contributed by atoms with E-state index >= 15 is 0 Å². The summed E-state index contributed by atoms with van der Waals surface area (Å²) in [4.78, 5) is 17.0. The molecule has 0 aliphatic rings. The Morgan fingerprint density at radius 3 is 2.74 bits per heavy atom. The van der Waals surface area contributed by atoms with Gasteiger partial charge in [-0.1, -0.05) is 11.6 Å². The van der Waals surface area contributed by atoms with Gasteiger partial charge in [0.2, 0.25) is 0 Å². The van der Waals surface area contributed by atoms with Gasteiger partial charge in [0.05, 0.1) is 22.9 Å². The molecule has 1 amide bonds.